The third-order valence-electron chi connectivity index (χ3n) is 2.50. The summed E-state index contributed by atoms with van der Waals surface area (Å²) in [7, 11) is 1.81. The lowest BCUT2D eigenvalue weighted by atomic mass is 10.3. The van der Waals surface area contributed by atoms with Gasteiger partial charge in [-0.3, -0.25) is 9.36 Å². The molecular formula is C11H14F3N5. The van der Waals surface area contributed by atoms with Gasteiger partial charge in [-0.15, -0.1) is 0 Å². The third kappa shape index (κ3) is 3.73. The molecule has 2 rings (SSSR count). The van der Waals surface area contributed by atoms with Gasteiger partial charge >= 0.3 is 6.18 Å². The molecule has 0 fully saturated rings. The Balaban J connectivity index is 1.95. The summed E-state index contributed by atoms with van der Waals surface area (Å²) in [5, 5.41) is 10.9. The van der Waals surface area contributed by atoms with Gasteiger partial charge in [0.15, 0.2) is 5.82 Å². The van der Waals surface area contributed by atoms with Crippen molar-refractivity contribution < 1.29 is 13.2 Å². The topological polar surface area (TPSA) is 47.7 Å². The van der Waals surface area contributed by atoms with Crippen LogP contribution in [0.25, 0.3) is 0 Å². The highest BCUT2D eigenvalue weighted by atomic mass is 19.4. The van der Waals surface area contributed by atoms with Crippen LogP contribution in [0.5, 0.6) is 0 Å². The average molecular weight is 273 g/mol. The van der Waals surface area contributed by atoms with Gasteiger partial charge in [-0.25, -0.2) is 0 Å². The first-order chi connectivity index (χ1) is 8.83. The molecule has 0 saturated heterocycles. The number of halogens is 3. The molecule has 0 aliphatic rings. The van der Waals surface area contributed by atoms with Gasteiger partial charge in [0.1, 0.15) is 6.54 Å². The van der Waals surface area contributed by atoms with Gasteiger partial charge in [0.2, 0.25) is 0 Å². The van der Waals surface area contributed by atoms with Gasteiger partial charge in [-0.1, -0.05) is 0 Å². The molecule has 0 aliphatic heterocycles. The molecule has 2 aromatic heterocycles. The predicted molar refractivity (Wildman–Crippen MR) is 63.6 cm³/mol. The van der Waals surface area contributed by atoms with Crippen molar-refractivity contribution in [1.29, 1.82) is 0 Å². The van der Waals surface area contributed by atoms with Crippen LogP contribution in [0.1, 0.15) is 11.1 Å². The van der Waals surface area contributed by atoms with Crippen LogP contribution >= 0.6 is 0 Å². The van der Waals surface area contributed by atoms with E-state index in [0.717, 1.165) is 10.2 Å². The first-order valence-corrected chi connectivity index (χ1v) is 5.66. The molecule has 0 radical (unpaired) electrons. The lowest BCUT2D eigenvalue weighted by molar-refractivity contribution is -0.142. The number of nitrogens with zero attached hydrogens (tertiary/aromatic N) is 4. The van der Waals surface area contributed by atoms with Crippen LogP contribution < -0.4 is 5.32 Å². The lowest BCUT2D eigenvalue weighted by Gasteiger charge is -2.05. The molecule has 2 heterocycles. The van der Waals surface area contributed by atoms with E-state index in [2.05, 4.69) is 15.5 Å². The number of hydrogen-bond acceptors (Lipinski definition) is 3. The van der Waals surface area contributed by atoms with Crippen molar-refractivity contribution in [2.75, 3.05) is 5.32 Å². The van der Waals surface area contributed by atoms with Crippen molar-refractivity contribution in [2.45, 2.75) is 26.2 Å². The number of hydrogen-bond donors (Lipinski definition) is 1. The molecule has 0 atom stereocenters. The monoisotopic (exact) mass is 273 g/mol. The number of anilines is 1. The molecule has 0 saturated carbocycles. The summed E-state index contributed by atoms with van der Waals surface area (Å²) in [6.07, 6.45) is 0.388. The van der Waals surface area contributed by atoms with Crippen LogP contribution in [0.4, 0.5) is 19.0 Å². The van der Waals surface area contributed by atoms with Crippen LogP contribution in [0, 0.1) is 6.92 Å². The maximum Gasteiger partial charge on any atom is 0.408 e. The molecule has 2 aromatic rings. The molecule has 0 aliphatic carbocycles. The number of aryl methyl sites for hydroxylation is 2. The summed E-state index contributed by atoms with van der Waals surface area (Å²) < 4.78 is 39.1. The Morgan fingerprint density at radius 1 is 1.32 bits per heavy atom. The SMILES string of the molecule is Cc1cn(C)nc1NCc1cnn(CC(F)(F)F)c1. The molecule has 0 aromatic carbocycles. The number of rotatable bonds is 4. The summed E-state index contributed by atoms with van der Waals surface area (Å²) in [6, 6.07) is 0. The van der Waals surface area contributed by atoms with Gasteiger partial charge < -0.3 is 5.32 Å². The van der Waals surface area contributed by atoms with Gasteiger partial charge in [-0.2, -0.15) is 23.4 Å². The van der Waals surface area contributed by atoms with Crippen molar-refractivity contribution in [3.05, 3.63) is 29.7 Å². The zero-order chi connectivity index (χ0) is 14.0. The molecular weight excluding hydrogens is 259 g/mol. The van der Waals surface area contributed by atoms with Crippen LogP contribution in [0.2, 0.25) is 0 Å². The van der Waals surface area contributed by atoms with Crippen molar-refractivity contribution >= 4 is 5.82 Å². The summed E-state index contributed by atoms with van der Waals surface area (Å²) in [5.74, 6) is 0.714. The highest BCUT2D eigenvalue weighted by Gasteiger charge is 2.28. The second-order valence-electron chi connectivity index (χ2n) is 4.35. The molecule has 0 spiro atoms. The zero-order valence-corrected chi connectivity index (χ0v) is 10.6. The Morgan fingerprint density at radius 3 is 2.63 bits per heavy atom. The number of nitrogens with one attached hydrogen (secondary N) is 1. The van der Waals surface area contributed by atoms with Crippen molar-refractivity contribution in [2.24, 2.45) is 7.05 Å². The van der Waals surface area contributed by atoms with Crippen molar-refractivity contribution in [3.8, 4) is 0 Å². The largest absolute Gasteiger partial charge is 0.408 e. The van der Waals surface area contributed by atoms with E-state index in [1.54, 1.807) is 11.7 Å². The van der Waals surface area contributed by atoms with E-state index in [1.165, 1.54) is 12.4 Å². The minimum absolute atomic E-state index is 0.385. The van der Waals surface area contributed by atoms with E-state index >= 15 is 0 Å². The minimum atomic E-state index is -4.26. The predicted octanol–water partition coefficient (Wildman–Crippen LogP) is 2.10. The Kier molecular flexibility index (Phi) is 3.50. The molecule has 5 nitrogen and oxygen atoms in total. The van der Waals surface area contributed by atoms with Gasteiger partial charge in [0.05, 0.1) is 6.20 Å². The van der Waals surface area contributed by atoms with Crippen LogP contribution in [0.15, 0.2) is 18.6 Å². The van der Waals surface area contributed by atoms with E-state index in [-0.39, 0.29) is 0 Å². The van der Waals surface area contributed by atoms with Crippen LogP contribution in [-0.4, -0.2) is 25.7 Å². The number of aromatic nitrogens is 4. The van der Waals surface area contributed by atoms with E-state index in [4.69, 9.17) is 0 Å². The fraction of sp³-hybridized carbons (Fsp3) is 0.455. The van der Waals surface area contributed by atoms with Crippen LogP contribution in [-0.2, 0) is 20.1 Å². The fourth-order valence-corrected chi connectivity index (χ4v) is 1.74. The Labute approximate surface area is 108 Å². The minimum Gasteiger partial charge on any atom is -0.364 e. The Morgan fingerprint density at radius 2 is 2.05 bits per heavy atom. The van der Waals surface area contributed by atoms with E-state index in [9.17, 15) is 13.2 Å². The molecule has 0 amide bonds. The molecule has 8 heteroatoms. The first-order valence-electron chi connectivity index (χ1n) is 5.66. The summed E-state index contributed by atoms with van der Waals surface area (Å²) in [4.78, 5) is 0. The molecule has 104 valence electrons. The third-order valence-corrected chi connectivity index (χ3v) is 2.50. The lowest BCUT2D eigenvalue weighted by Crippen LogP contribution is -2.17. The maximum absolute atomic E-state index is 12.2. The normalized spacial score (nSPS) is 11.8. The molecule has 0 bridgehead atoms. The van der Waals surface area contributed by atoms with Gasteiger partial charge in [-0.05, 0) is 6.92 Å². The highest BCUT2D eigenvalue weighted by molar-refractivity contribution is 5.42. The summed E-state index contributed by atoms with van der Waals surface area (Å²) in [6.45, 7) is 1.22. The van der Waals surface area contributed by atoms with E-state index in [0.29, 0.717) is 17.9 Å². The molecule has 19 heavy (non-hydrogen) atoms. The standard InChI is InChI=1S/C11H14F3N5/c1-8-5-18(2)17-10(8)15-3-9-4-16-19(6-9)7-11(12,13)14/h4-6H,3,7H2,1-2H3,(H,15,17). The fourth-order valence-electron chi connectivity index (χ4n) is 1.74. The second-order valence-corrected chi connectivity index (χ2v) is 4.35. The maximum atomic E-state index is 12.2. The van der Waals surface area contributed by atoms with Gasteiger partial charge in [0.25, 0.3) is 0 Å². The average Bonchev–Trinajstić information content (AvgIpc) is 2.80. The number of alkyl halides is 3. The van der Waals surface area contributed by atoms with Gasteiger partial charge in [0, 0.05) is 37.1 Å². The van der Waals surface area contributed by atoms with Crippen molar-refractivity contribution in [1.82, 2.24) is 19.6 Å². The smallest absolute Gasteiger partial charge is 0.364 e. The second kappa shape index (κ2) is 4.94. The van der Waals surface area contributed by atoms with Crippen LogP contribution in [0.3, 0.4) is 0 Å². The molecule has 1 N–H and O–H groups in total. The summed E-state index contributed by atoms with van der Waals surface area (Å²) >= 11 is 0. The van der Waals surface area contributed by atoms with E-state index < -0.39 is 12.7 Å². The Bertz CT molecular complexity index is 555. The van der Waals surface area contributed by atoms with E-state index in [1.807, 2.05) is 13.1 Å². The Hall–Kier alpha value is -1.99. The first kappa shape index (κ1) is 13.4. The van der Waals surface area contributed by atoms with Crippen molar-refractivity contribution in [3.63, 3.8) is 0 Å². The quantitative estimate of drug-likeness (QED) is 0.928. The summed E-state index contributed by atoms with van der Waals surface area (Å²) in [5.41, 5.74) is 1.65. The highest BCUT2D eigenvalue weighted by Crippen LogP contribution is 2.17. The zero-order valence-electron chi connectivity index (χ0n) is 10.6. The molecule has 0 unspecified atom stereocenters.